The molecule has 0 spiro atoms. The van der Waals surface area contributed by atoms with Crippen LogP contribution in [0.3, 0.4) is 0 Å². The molecule has 0 unspecified atom stereocenters. The topological polar surface area (TPSA) is 111 Å². The predicted molar refractivity (Wildman–Crippen MR) is 95.4 cm³/mol. The summed E-state index contributed by atoms with van der Waals surface area (Å²) in [6.45, 7) is 2.99. The Morgan fingerprint density at radius 2 is 2.00 bits per heavy atom. The Bertz CT molecular complexity index is 460. The van der Waals surface area contributed by atoms with Crippen LogP contribution in [0.5, 0.6) is 0 Å². The summed E-state index contributed by atoms with van der Waals surface area (Å²) in [5.74, 6) is 2.95. The van der Waals surface area contributed by atoms with Crippen LogP contribution in [0.4, 0.5) is 17.6 Å². The lowest BCUT2D eigenvalue weighted by molar-refractivity contribution is 0.616. The number of nitrogens with one attached hydrogen (secondary N) is 2. The lowest BCUT2D eigenvalue weighted by atomic mass is 10.3. The Hall–Kier alpha value is -1.02. The number of halogens is 2. The van der Waals surface area contributed by atoms with Crippen molar-refractivity contribution in [3.05, 3.63) is 6.07 Å². The molecule has 6 N–H and O–H groups in total. The van der Waals surface area contributed by atoms with E-state index in [0.717, 1.165) is 43.6 Å². The van der Waals surface area contributed by atoms with E-state index < -0.39 is 0 Å². The summed E-state index contributed by atoms with van der Waals surface area (Å²) in [6.07, 6.45) is 3.80. The van der Waals surface area contributed by atoms with Gasteiger partial charge in [-0.3, -0.25) is 0 Å². The van der Waals surface area contributed by atoms with E-state index >= 15 is 0 Å². The molecule has 2 aliphatic rings. The maximum Gasteiger partial charge on any atom is 0.223 e. The van der Waals surface area contributed by atoms with Gasteiger partial charge in [0, 0.05) is 31.7 Å². The van der Waals surface area contributed by atoms with Gasteiger partial charge in [0.25, 0.3) is 0 Å². The van der Waals surface area contributed by atoms with Crippen LogP contribution in [0.25, 0.3) is 0 Å². The lowest BCUT2D eigenvalue weighted by Crippen LogP contribution is -2.30. The summed E-state index contributed by atoms with van der Waals surface area (Å²) in [5, 5.41) is 6.67. The van der Waals surface area contributed by atoms with E-state index in [0.29, 0.717) is 12.0 Å². The summed E-state index contributed by atoms with van der Waals surface area (Å²) in [4.78, 5) is 10.9. The van der Waals surface area contributed by atoms with E-state index in [9.17, 15) is 0 Å². The first-order valence-electron chi connectivity index (χ1n) is 7.05. The first-order chi connectivity index (χ1) is 9.24. The summed E-state index contributed by atoms with van der Waals surface area (Å²) >= 11 is 0. The van der Waals surface area contributed by atoms with Crippen molar-refractivity contribution in [2.45, 2.75) is 25.3 Å². The predicted octanol–water partition coefficient (Wildman–Crippen LogP) is 0.698. The molecule has 2 fully saturated rings. The van der Waals surface area contributed by atoms with Crippen molar-refractivity contribution in [3.8, 4) is 0 Å². The Kier molecular flexibility index (Phi) is 8.77. The fourth-order valence-electron chi connectivity index (χ4n) is 2.48. The van der Waals surface area contributed by atoms with Gasteiger partial charge in [-0.2, -0.15) is 9.97 Å². The number of nitrogens with two attached hydrogens (primary N) is 1. The third-order valence-corrected chi connectivity index (χ3v) is 3.92. The van der Waals surface area contributed by atoms with Gasteiger partial charge in [0.2, 0.25) is 5.95 Å². The standard InChI is InChI=1S/C13H22N6.2ClH.H2O/c1-15-10-4-5-19(8-10)12-6-11(17-13(14)18-12)16-7-9-2-3-9;;;/h6,9-10,15H,2-5,7-8H2,1H3,(H3,14,16,17,18);2*1H;1H2/t10-;;;/m1.../s1. The summed E-state index contributed by atoms with van der Waals surface area (Å²) in [6, 6.07) is 2.55. The van der Waals surface area contributed by atoms with E-state index in [-0.39, 0.29) is 30.3 Å². The Balaban J connectivity index is 0.00000147. The van der Waals surface area contributed by atoms with Crippen molar-refractivity contribution >= 4 is 42.4 Å². The average molecular weight is 353 g/mol. The van der Waals surface area contributed by atoms with Crippen LogP contribution in [0.2, 0.25) is 0 Å². The van der Waals surface area contributed by atoms with Gasteiger partial charge in [0.1, 0.15) is 11.6 Å². The smallest absolute Gasteiger partial charge is 0.223 e. The molecule has 0 radical (unpaired) electrons. The van der Waals surface area contributed by atoms with Crippen LogP contribution in [0.15, 0.2) is 6.07 Å². The van der Waals surface area contributed by atoms with E-state index in [1.54, 1.807) is 0 Å². The number of nitrogen functional groups attached to an aromatic ring is 1. The van der Waals surface area contributed by atoms with E-state index in [4.69, 9.17) is 5.73 Å². The third kappa shape index (κ3) is 5.31. The molecule has 9 heteroatoms. The molecule has 1 aromatic heterocycles. The number of hydrogen-bond donors (Lipinski definition) is 3. The van der Waals surface area contributed by atoms with Crippen molar-refractivity contribution < 1.29 is 5.48 Å². The molecule has 0 amide bonds. The monoisotopic (exact) mass is 352 g/mol. The minimum atomic E-state index is 0. The van der Waals surface area contributed by atoms with Gasteiger partial charge in [-0.1, -0.05) is 0 Å². The van der Waals surface area contributed by atoms with Crippen molar-refractivity contribution in [1.82, 2.24) is 15.3 Å². The second-order valence-corrected chi connectivity index (χ2v) is 5.51. The van der Waals surface area contributed by atoms with Crippen molar-refractivity contribution in [3.63, 3.8) is 0 Å². The number of likely N-dealkylation sites (N-methyl/N-ethyl adjacent to an activating group) is 1. The van der Waals surface area contributed by atoms with Gasteiger partial charge in [-0.05, 0) is 32.2 Å². The van der Waals surface area contributed by atoms with Gasteiger partial charge in [0.05, 0.1) is 0 Å². The average Bonchev–Trinajstić information content (AvgIpc) is 3.11. The minimum absolute atomic E-state index is 0. The number of aromatic nitrogens is 2. The van der Waals surface area contributed by atoms with E-state index in [1.165, 1.54) is 12.8 Å². The maximum absolute atomic E-state index is 5.81. The number of hydrogen-bond acceptors (Lipinski definition) is 6. The largest absolute Gasteiger partial charge is 0.412 e. The van der Waals surface area contributed by atoms with Gasteiger partial charge in [-0.25, -0.2) is 0 Å². The molecule has 22 heavy (non-hydrogen) atoms. The third-order valence-electron chi connectivity index (χ3n) is 3.92. The molecule has 0 aromatic carbocycles. The molecular weight excluding hydrogens is 327 g/mol. The lowest BCUT2D eigenvalue weighted by Gasteiger charge is -2.18. The molecule has 3 rings (SSSR count). The van der Waals surface area contributed by atoms with E-state index in [1.807, 2.05) is 13.1 Å². The first kappa shape index (κ1) is 21.0. The molecule has 128 valence electrons. The quantitative estimate of drug-likeness (QED) is 0.719. The summed E-state index contributed by atoms with van der Waals surface area (Å²) < 4.78 is 0. The van der Waals surface area contributed by atoms with Crippen LogP contribution >= 0.6 is 24.8 Å². The van der Waals surface area contributed by atoms with Gasteiger partial charge in [0.15, 0.2) is 0 Å². The molecular formula is C13H26Cl2N6O. The zero-order valence-corrected chi connectivity index (χ0v) is 14.3. The molecule has 1 aliphatic heterocycles. The fraction of sp³-hybridized carbons (Fsp3) is 0.692. The van der Waals surface area contributed by atoms with Gasteiger partial charge >= 0.3 is 0 Å². The fourth-order valence-corrected chi connectivity index (χ4v) is 2.48. The zero-order valence-electron chi connectivity index (χ0n) is 12.7. The zero-order chi connectivity index (χ0) is 13.2. The summed E-state index contributed by atoms with van der Waals surface area (Å²) in [5.41, 5.74) is 5.81. The highest BCUT2D eigenvalue weighted by atomic mass is 35.5. The normalized spacial score (nSPS) is 19.7. The Morgan fingerprint density at radius 3 is 2.59 bits per heavy atom. The number of nitrogens with zero attached hydrogens (tertiary/aromatic N) is 3. The highest BCUT2D eigenvalue weighted by Gasteiger charge is 2.24. The van der Waals surface area contributed by atoms with Crippen molar-refractivity contribution in [2.75, 3.05) is 42.6 Å². The minimum Gasteiger partial charge on any atom is -0.412 e. The first-order valence-corrected chi connectivity index (χ1v) is 7.05. The molecule has 1 saturated carbocycles. The van der Waals surface area contributed by atoms with Gasteiger partial charge < -0.3 is 26.7 Å². The molecule has 1 aromatic rings. The second-order valence-electron chi connectivity index (χ2n) is 5.51. The highest BCUT2D eigenvalue weighted by Crippen LogP contribution is 2.29. The maximum atomic E-state index is 5.81. The van der Waals surface area contributed by atoms with Crippen LogP contribution in [-0.2, 0) is 0 Å². The molecule has 0 bridgehead atoms. The second kappa shape index (κ2) is 9.19. The Morgan fingerprint density at radius 1 is 1.27 bits per heavy atom. The van der Waals surface area contributed by atoms with Crippen LogP contribution in [0, 0.1) is 5.92 Å². The molecule has 2 heterocycles. The molecule has 1 aliphatic carbocycles. The summed E-state index contributed by atoms with van der Waals surface area (Å²) in [7, 11) is 2.01. The Labute approximate surface area is 143 Å². The van der Waals surface area contributed by atoms with Crippen LogP contribution in [0.1, 0.15) is 19.3 Å². The molecule has 1 atom stereocenters. The number of rotatable bonds is 5. The van der Waals surface area contributed by atoms with Gasteiger partial charge in [-0.15, -0.1) is 24.8 Å². The van der Waals surface area contributed by atoms with E-state index in [2.05, 4.69) is 25.5 Å². The number of anilines is 3. The van der Waals surface area contributed by atoms with Crippen molar-refractivity contribution in [1.29, 1.82) is 0 Å². The van der Waals surface area contributed by atoms with Crippen LogP contribution in [-0.4, -0.2) is 48.2 Å². The molecule has 7 nitrogen and oxygen atoms in total. The highest BCUT2D eigenvalue weighted by molar-refractivity contribution is 5.85. The van der Waals surface area contributed by atoms with Crippen molar-refractivity contribution in [2.24, 2.45) is 5.92 Å². The SMILES string of the molecule is CN[C@@H]1CCN(c2cc(NCC3CC3)nc(N)n2)C1.Cl.Cl.O. The molecule has 1 saturated heterocycles. The van der Waals surface area contributed by atoms with Crippen LogP contribution < -0.4 is 21.3 Å².